The fraction of sp³-hybridized carbons (Fsp3) is 0.545. The summed E-state index contributed by atoms with van der Waals surface area (Å²) in [6.45, 7) is 6.38. The molecule has 3 rings (SSSR count). The zero-order valence-corrected chi connectivity index (χ0v) is 19.0. The maximum Gasteiger partial charge on any atom is 0.191 e. The number of aromatic nitrogens is 1. The standard InChI is InChI=1S/C22H33N5O2S/c1-4-23-21(25-14-19-16-30-22(26-19)27(2)3)24-13-17-6-5-7-18(12-17)15-29-20-8-10-28-11-9-20/h5-7,12,16,20H,4,8-11,13-15H2,1-3H3,(H2,23,24,25). The van der Waals surface area contributed by atoms with Gasteiger partial charge in [0.05, 0.1) is 31.5 Å². The molecule has 1 aliphatic rings. The molecule has 2 N–H and O–H groups in total. The molecule has 7 nitrogen and oxygen atoms in total. The van der Waals surface area contributed by atoms with Crippen molar-refractivity contribution in [3.05, 3.63) is 46.5 Å². The minimum absolute atomic E-state index is 0.309. The van der Waals surface area contributed by atoms with Crippen LogP contribution in [0.4, 0.5) is 5.13 Å². The first-order chi connectivity index (χ1) is 14.6. The Labute approximate surface area is 183 Å². The second-order valence-electron chi connectivity index (χ2n) is 7.51. The summed E-state index contributed by atoms with van der Waals surface area (Å²) in [4.78, 5) is 11.4. The largest absolute Gasteiger partial charge is 0.381 e. The molecule has 2 aromatic rings. The van der Waals surface area contributed by atoms with Gasteiger partial charge in [0.2, 0.25) is 0 Å². The van der Waals surface area contributed by atoms with Gasteiger partial charge in [0.1, 0.15) is 0 Å². The number of anilines is 1. The van der Waals surface area contributed by atoms with E-state index in [4.69, 9.17) is 14.5 Å². The van der Waals surface area contributed by atoms with E-state index >= 15 is 0 Å². The van der Waals surface area contributed by atoms with Crippen molar-refractivity contribution in [3.8, 4) is 0 Å². The number of nitrogens with zero attached hydrogens (tertiary/aromatic N) is 3. The minimum Gasteiger partial charge on any atom is -0.381 e. The second-order valence-corrected chi connectivity index (χ2v) is 8.34. The number of benzene rings is 1. The lowest BCUT2D eigenvalue weighted by molar-refractivity contribution is -0.0390. The molecule has 0 bridgehead atoms. The lowest BCUT2D eigenvalue weighted by atomic mass is 10.1. The molecule has 0 aliphatic carbocycles. The maximum absolute atomic E-state index is 6.04. The number of ether oxygens (including phenoxy) is 2. The first kappa shape index (κ1) is 22.5. The van der Waals surface area contributed by atoms with Crippen molar-refractivity contribution in [1.82, 2.24) is 15.6 Å². The van der Waals surface area contributed by atoms with Gasteiger partial charge in [0.15, 0.2) is 11.1 Å². The molecular formula is C22H33N5O2S. The van der Waals surface area contributed by atoms with E-state index in [0.29, 0.717) is 25.8 Å². The van der Waals surface area contributed by atoms with Crippen LogP contribution >= 0.6 is 11.3 Å². The Morgan fingerprint density at radius 3 is 2.80 bits per heavy atom. The number of hydrogen-bond donors (Lipinski definition) is 2. The van der Waals surface area contributed by atoms with Crippen LogP contribution in [-0.4, -0.2) is 50.9 Å². The zero-order valence-electron chi connectivity index (χ0n) is 18.2. The first-order valence-electron chi connectivity index (χ1n) is 10.5. The molecule has 0 atom stereocenters. The monoisotopic (exact) mass is 431 g/mol. The topological polar surface area (TPSA) is 71.0 Å². The highest BCUT2D eigenvalue weighted by molar-refractivity contribution is 7.13. The molecule has 0 amide bonds. The molecule has 1 saturated heterocycles. The van der Waals surface area contributed by atoms with Crippen molar-refractivity contribution in [2.75, 3.05) is 38.8 Å². The summed E-state index contributed by atoms with van der Waals surface area (Å²) in [5, 5.41) is 9.76. The molecule has 1 aromatic carbocycles. The van der Waals surface area contributed by atoms with Gasteiger partial charge in [-0.2, -0.15) is 0 Å². The SMILES string of the molecule is CCNC(=NCc1cccc(COC2CCOCC2)c1)NCc1csc(N(C)C)n1. The molecule has 0 radical (unpaired) electrons. The van der Waals surface area contributed by atoms with Gasteiger partial charge in [-0.3, -0.25) is 0 Å². The summed E-state index contributed by atoms with van der Waals surface area (Å²) in [7, 11) is 4.01. The van der Waals surface area contributed by atoms with E-state index in [1.807, 2.05) is 19.0 Å². The second kappa shape index (κ2) is 11.9. The molecule has 0 spiro atoms. The molecule has 0 saturated carbocycles. The smallest absolute Gasteiger partial charge is 0.191 e. The van der Waals surface area contributed by atoms with Crippen LogP contribution in [0.3, 0.4) is 0 Å². The van der Waals surface area contributed by atoms with Crippen LogP contribution in [0.2, 0.25) is 0 Å². The number of hydrogen-bond acceptors (Lipinski definition) is 6. The van der Waals surface area contributed by atoms with Crippen LogP contribution in [0.5, 0.6) is 0 Å². The van der Waals surface area contributed by atoms with Crippen LogP contribution in [-0.2, 0) is 29.2 Å². The molecule has 1 fully saturated rings. The third-order valence-electron chi connectivity index (χ3n) is 4.77. The Morgan fingerprint density at radius 2 is 2.07 bits per heavy atom. The van der Waals surface area contributed by atoms with Crippen LogP contribution in [0.15, 0.2) is 34.6 Å². The van der Waals surface area contributed by atoms with Gasteiger partial charge in [0.25, 0.3) is 0 Å². The van der Waals surface area contributed by atoms with E-state index in [1.54, 1.807) is 11.3 Å². The van der Waals surface area contributed by atoms with Crippen molar-refractivity contribution >= 4 is 22.4 Å². The molecular weight excluding hydrogens is 398 g/mol. The summed E-state index contributed by atoms with van der Waals surface area (Å²) in [6, 6.07) is 8.47. The van der Waals surface area contributed by atoms with E-state index < -0.39 is 0 Å². The molecule has 8 heteroatoms. The summed E-state index contributed by atoms with van der Waals surface area (Å²) in [5.74, 6) is 0.792. The average Bonchev–Trinajstić information content (AvgIpc) is 3.25. The Morgan fingerprint density at radius 1 is 1.27 bits per heavy atom. The highest BCUT2D eigenvalue weighted by Crippen LogP contribution is 2.18. The van der Waals surface area contributed by atoms with Crippen LogP contribution in [0.25, 0.3) is 0 Å². The number of nitrogens with one attached hydrogen (secondary N) is 2. The van der Waals surface area contributed by atoms with E-state index in [-0.39, 0.29) is 0 Å². The van der Waals surface area contributed by atoms with Crippen molar-refractivity contribution in [1.29, 1.82) is 0 Å². The number of guanidine groups is 1. The summed E-state index contributed by atoms with van der Waals surface area (Å²) in [5.41, 5.74) is 3.37. The van der Waals surface area contributed by atoms with E-state index in [0.717, 1.165) is 49.4 Å². The molecule has 1 aromatic heterocycles. The van der Waals surface area contributed by atoms with Gasteiger partial charge in [-0.25, -0.2) is 9.98 Å². The maximum atomic E-state index is 6.04. The van der Waals surface area contributed by atoms with Gasteiger partial charge < -0.3 is 25.0 Å². The molecule has 164 valence electrons. The van der Waals surface area contributed by atoms with E-state index in [2.05, 4.69) is 52.2 Å². The molecule has 30 heavy (non-hydrogen) atoms. The predicted molar refractivity (Wildman–Crippen MR) is 123 cm³/mol. The van der Waals surface area contributed by atoms with Crippen LogP contribution < -0.4 is 15.5 Å². The summed E-state index contributed by atoms with van der Waals surface area (Å²) < 4.78 is 11.4. The third kappa shape index (κ3) is 7.27. The summed E-state index contributed by atoms with van der Waals surface area (Å²) >= 11 is 1.64. The van der Waals surface area contributed by atoms with Gasteiger partial charge in [0, 0.05) is 39.2 Å². The molecule has 1 aliphatic heterocycles. The Kier molecular flexibility index (Phi) is 8.92. The lowest BCUT2D eigenvalue weighted by Gasteiger charge is -2.22. The Hall–Kier alpha value is -2.16. The summed E-state index contributed by atoms with van der Waals surface area (Å²) in [6.07, 6.45) is 2.27. The number of thiazole rings is 1. The predicted octanol–water partition coefficient (Wildman–Crippen LogP) is 3.16. The fourth-order valence-electron chi connectivity index (χ4n) is 3.14. The van der Waals surface area contributed by atoms with Gasteiger partial charge in [-0.05, 0) is 30.9 Å². The highest BCUT2D eigenvalue weighted by atomic mass is 32.1. The number of aliphatic imine (C=N–C) groups is 1. The minimum atomic E-state index is 0.309. The Bertz CT molecular complexity index is 802. The first-order valence-corrected chi connectivity index (χ1v) is 11.4. The Balaban J connectivity index is 1.52. The van der Waals surface area contributed by atoms with E-state index in [1.165, 1.54) is 11.1 Å². The van der Waals surface area contributed by atoms with Crippen molar-refractivity contribution in [3.63, 3.8) is 0 Å². The molecule has 2 heterocycles. The lowest BCUT2D eigenvalue weighted by Crippen LogP contribution is -2.36. The van der Waals surface area contributed by atoms with E-state index in [9.17, 15) is 0 Å². The van der Waals surface area contributed by atoms with Crippen LogP contribution in [0, 0.1) is 0 Å². The zero-order chi connectivity index (χ0) is 21.2. The van der Waals surface area contributed by atoms with Crippen molar-refractivity contribution in [2.45, 2.75) is 45.6 Å². The van der Waals surface area contributed by atoms with Crippen molar-refractivity contribution < 1.29 is 9.47 Å². The third-order valence-corrected chi connectivity index (χ3v) is 5.83. The van der Waals surface area contributed by atoms with Gasteiger partial charge >= 0.3 is 0 Å². The molecule has 0 unspecified atom stereocenters. The number of rotatable bonds is 9. The highest BCUT2D eigenvalue weighted by Gasteiger charge is 2.14. The quantitative estimate of drug-likeness (QED) is 0.469. The van der Waals surface area contributed by atoms with Crippen LogP contribution in [0.1, 0.15) is 36.6 Å². The van der Waals surface area contributed by atoms with Crippen molar-refractivity contribution in [2.24, 2.45) is 4.99 Å². The fourth-order valence-corrected chi connectivity index (χ4v) is 3.90. The van der Waals surface area contributed by atoms with Gasteiger partial charge in [-0.15, -0.1) is 11.3 Å². The normalized spacial score (nSPS) is 15.2. The average molecular weight is 432 g/mol. The van der Waals surface area contributed by atoms with Gasteiger partial charge in [-0.1, -0.05) is 24.3 Å².